The average molecular weight is 1150 g/mol. The molecule has 0 aromatic carbocycles. The summed E-state index contributed by atoms with van der Waals surface area (Å²) in [4.78, 5) is 141. The van der Waals surface area contributed by atoms with E-state index >= 15 is 0 Å². The quantitative estimate of drug-likeness (QED) is 0.0174. The number of hydrogen-bond acceptors (Lipinski definition) is 15. The molecule has 0 aliphatic rings. The van der Waals surface area contributed by atoms with E-state index in [-0.39, 0.29) is 107 Å². The first kappa shape index (κ1) is 74.8. The van der Waals surface area contributed by atoms with Crippen LogP contribution in [-0.4, -0.2) is 157 Å². The Kier molecular flexibility index (Phi) is 37.0. The van der Waals surface area contributed by atoms with Gasteiger partial charge in [0.1, 0.15) is 54.4 Å². The summed E-state index contributed by atoms with van der Waals surface area (Å²) in [6.07, 6.45) is 1.45. The molecule has 11 atom stereocenters. The molecule has 0 saturated heterocycles. The van der Waals surface area contributed by atoms with Crippen molar-refractivity contribution in [3.63, 3.8) is 0 Å². The van der Waals surface area contributed by atoms with E-state index in [4.69, 9.17) is 34.4 Å². The zero-order valence-electron chi connectivity index (χ0n) is 50.1. The van der Waals surface area contributed by atoms with Crippen molar-refractivity contribution in [3.8, 4) is 0 Å². The van der Waals surface area contributed by atoms with Crippen molar-refractivity contribution in [2.75, 3.05) is 26.2 Å². The van der Waals surface area contributed by atoms with E-state index in [9.17, 15) is 53.1 Å². The lowest BCUT2D eigenvalue weighted by molar-refractivity contribution is -0.137. The highest BCUT2D eigenvalue weighted by atomic mass is 16.3. The normalized spacial score (nSPS) is 15.5. The second kappa shape index (κ2) is 40.1. The predicted octanol–water partition coefficient (Wildman–Crippen LogP) is -2.28. The van der Waals surface area contributed by atoms with Gasteiger partial charge in [0.05, 0.1) is 12.6 Å². The number of rotatable bonds is 42. The first-order valence-corrected chi connectivity index (χ1v) is 28.8. The van der Waals surface area contributed by atoms with Gasteiger partial charge in [-0.3, -0.25) is 52.9 Å². The maximum atomic E-state index is 14.5. The van der Waals surface area contributed by atoms with Crippen molar-refractivity contribution >= 4 is 65.0 Å². The first-order chi connectivity index (χ1) is 37.9. The number of carbonyl (C=O) groups is 10. The van der Waals surface area contributed by atoms with E-state index in [0.29, 0.717) is 32.1 Å². The van der Waals surface area contributed by atoms with Gasteiger partial charge < -0.3 is 87.4 Å². The second-order valence-corrected chi connectivity index (χ2v) is 22.7. The Morgan fingerprint density at radius 3 is 1.10 bits per heavy atom. The van der Waals surface area contributed by atoms with Crippen molar-refractivity contribution in [2.24, 2.45) is 69.0 Å². The van der Waals surface area contributed by atoms with Gasteiger partial charge in [-0.15, -0.1) is 0 Å². The molecule has 0 rings (SSSR count). The molecule has 466 valence electrons. The van der Waals surface area contributed by atoms with Crippen molar-refractivity contribution in [1.82, 2.24) is 47.9 Å². The van der Waals surface area contributed by atoms with Gasteiger partial charge in [0, 0.05) is 6.54 Å². The number of aliphatic hydroxyl groups is 1. The molecular formula is C54H104N16O11. The molecule has 0 aliphatic heterocycles. The minimum Gasteiger partial charge on any atom is -0.391 e. The Labute approximate surface area is 479 Å². The molecule has 0 aromatic rings. The van der Waals surface area contributed by atoms with Gasteiger partial charge in [-0.1, -0.05) is 75.7 Å². The third-order valence-electron chi connectivity index (χ3n) is 13.2. The van der Waals surface area contributed by atoms with Gasteiger partial charge in [0.25, 0.3) is 0 Å². The molecule has 0 fully saturated rings. The predicted molar refractivity (Wildman–Crippen MR) is 310 cm³/mol. The lowest BCUT2D eigenvalue weighted by atomic mass is 9.96. The third kappa shape index (κ3) is 31.0. The van der Waals surface area contributed by atoms with E-state index < -0.39 is 125 Å². The second-order valence-electron chi connectivity index (χ2n) is 22.7. The monoisotopic (exact) mass is 1150 g/mol. The van der Waals surface area contributed by atoms with Crippen molar-refractivity contribution in [2.45, 2.75) is 220 Å². The Morgan fingerprint density at radius 2 is 0.728 bits per heavy atom. The van der Waals surface area contributed by atoms with Crippen LogP contribution in [0.2, 0.25) is 0 Å². The number of aliphatic imine (C=N–C) groups is 1. The molecule has 81 heavy (non-hydrogen) atoms. The number of nitrogens with two attached hydrogens (primary N) is 6. The zero-order chi connectivity index (χ0) is 62.1. The first-order valence-electron chi connectivity index (χ1n) is 28.8. The van der Waals surface area contributed by atoms with Crippen LogP contribution >= 0.6 is 0 Å². The molecule has 27 heteroatoms. The lowest BCUT2D eigenvalue weighted by Crippen LogP contribution is -2.62. The number of guanidine groups is 1. The summed E-state index contributed by atoms with van der Waals surface area (Å²) < 4.78 is 0. The van der Waals surface area contributed by atoms with Gasteiger partial charge in [0.2, 0.25) is 59.1 Å². The van der Waals surface area contributed by atoms with Crippen molar-refractivity contribution in [3.05, 3.63) is 0 Å². The topological polar surface area (TPSA) is 468 Å². The van der Waals surface area contributed by atoms with E-state index in [1.165, 1.54) is 6.92 Å². The number of nitrogens with zero attached hydrogens (tertiary/aromatic N) is 1. The standard InChI is InChI=1S/C54H104N16O11/c1-12-33(10)43(52(80)65-36(19-14-16-22-56)48(76)70-44(34(11)71)53(81)68-41(27-32(8)9)51(79)66-38(45(58)73)24-29(2)3)69-47(75)37(20-17-23-61-54(59)60)63-46(74)35(18-13-15-21-55)64-50(78)40(26-31(6)7)67-49(77)39(25-30(4)5)62-42(72)28-57/h29-41,43-44,71H,12-28,55-57H2,1-11H3,(H2,58,73)(H,62,72)(H,63,74)(H,64,78)(H,65,80)(H,66,79)(H,67,77)(H,68,81)(H,69,75)(H,70,76)(H4,59,60,61)/t33-,34+,35-,36-,37-,38+,39-,40-,41+,43-,44-/m0/s1. The third-order valence-corrected chi connectivity index (χ3v) is 13.2. The van der Waals surface area contributed by atoms with Crippen LogP contribution in [0.4, 0.5) is 0 Å². The molecule has 0 aliphatic carbocycles. The molecular weight excluding hydrogens is 1050 g/mol. The van der Waals surface area contributed by atoms with Gasteiger partial charge in [-0.05, 0) is 127 Å². The fourth-order valence-corrected chi connectivity index (χ4v) is 8.60. The van der Waals surface area contributed by atoms with Crippen LogP contribution in [0.1, 0.15) is 160 Å². The van der Waals surface area contributed by atoms with Gasteiger partial charge in [-0.2, -0.15) is 0 Å². The Hall–Kier alpha value is -6.19. The molecule has 0 bridgehead atoms. The molecule has 0 spiro atoms. The molecule has 0 saturated carbocycles. The molecule has 27 nitrogen and oxygen atoms in total. The number of unbranched alkanes of at least 4 members (excludes halogenated alkanes) is 2. The number of carbonyl (C=O) groups excluding carboxylic acids is 10. The summed E-state index contributed by atoms with van der Waals surface area (Å²) in [7, 11) is 0. The van der Waals surface area contributed by atoms with Gasteiger partial charge in [-0.25, -0.2) is 0 Å². The maximum Gasteiger partial charge on any atom is 0.245 e. The Morgan fingerprint density at radius 1 is 0.407 bits per heavy atom. The highest BCUT2D eigenvalue weighted by molar-refractivity contribution is 5.98. The van der Waals surface area contributed by atoms with Crippen LogP contribution in [0.5, 0.6) is 0 Å². The number of nitrogens with one attached hydrogen (secondary N) is 9. The van der Waals surface area contributed by atoms with E-state index in [1.807, 2.05) is 55.4 Å². The molecule has 22 N–H and O–H groups in total. The maximum absolute atomic E-state index is 14.5. The SMILES string of the molecule is CC[C@H](C)[C@H](NC(=O)[C@H](CCCN=C(N)N)NC(=O)[C@H](CCCCN)NC(=O)[C@H](CC(C)C)NC(=O)[C@H](CC(C)C)NC(=O)CN)C(=O)N[C@@H](CCCCN)C(=O)N[C@H](C(=O)N[C@H](CC(C)C)C(=O)N[C@H](CC(C)C)C(N)=O)[C@@H](C)O. The number of amides is 10. The summed E-state index contributed by atoms with van der Waals surface area (Å²) in [6, 6.07) is -11.2. The lowest BCUT2D eigenvalue weighted by Gasteiger charge is -2.30. The molecule has 0 heterocycles. The van der Waals surface area contributed by atoms with Crippen LogP contribution in [-0.2, 0) is 47.9 Å². The Bertz CT molecular complexity index is 2020. The van der Waals surface area contributed by atoms with Gasteiger partial charge >= 0.3 is 0 Å². The molecule has 0 aromatic heterocycles. The molecule has 0 unspecified atom stereocenters. The minimum absolute atomic E-state index is 0.00517. The summed E-state index contributed by atoms with van der Waals surface area (Å²) in [5, 5.41) is 35.0. The van der Waals surface area contributed by atoms with Crippen LogP contribution < -0.4 is 82.3 Å². The smallest absolute Gasteiger partial charge is 0.245 e. The summed E-state index contributed by atoms with van der Waals surface area (Å²) in [5.41, 5.74) is 33.8. The van der Waals surface area contributed by atoms with E-state index in [1.54, 1.807) is 13.8 Å². The fourth-order valence-electron chi connectivity index (χ4n) is 8.60. The minimum atomic E-state index is -1.63. The summed E-state index contributed by atoms with van der Waals surface area (Å²) in [5.74, 6) is -8.52. The van der Waals surface area contributed by atoms with E-state index in [2.05, 4.69) is 52.8 Å². The largest absolute Gasteiger partial charge is 0.391 e. The summed E-state index contributed by atoms with van der Waals surface area (Å²) >= 11 is 0. The highest BCUT2D eigenvalue weighted by Gasteiger charge is 2.37. The van der Waals surface area contributed by atoms with Crippen molar-refractivity contribution < 1.29 is 53.1 Å². The summed E-state index contributed by atoms with van der Waals surface area (Å²) in [6.45, 7) is 19.7. The van der Waals surface area contributed by atoms with Crippen molar-refractivity contribution in [1.29, 1.82) is 0 Å². The molecule has 0 radical (unpaired) electrons. The number of aliphatic hydroxyl groups excluding tert-OH is 1. The number of primary amides is 1. The number of hydrogen-bond donors (Lipinski definition) is 16. The van der Waals surface area contributed by atoms with Gasteiger partial charge in [0.15, 0.2) is 5.96 Å². The van der Waals surface area contributed by atoms with Crippen LogP contribution in [0.3, 0.4) is 0 Å². The fraction of sp³-hybridized carbons (Fsp3) is 0.796. The average Bonchev–Trinajstić information content (AvgIpc) is 3.37. The molecule has 10 amide bonds. The van der Waals surface area contributed by atoms with Crippen LogP contribution in [0, 0.1) is 29.6 Å². The van der Waals surface area contributed by atoms with E-state index in [0.717, 1.165) is 0 Å². The zero-order valence-corrected chi connectivity index (χ0v) is 50.1. The van der Waals surface area contributed by atoms with Crippen LogP contribution in [0.15, 0.2) is 4.99 Å². The van der Waals surface area contributed by atoms with Crippen LogP contribution in [0.25, 0.3) is 0 Å². The highest BCUT2D eigenvalue weighted by Crippen LogP contribution is 2.15. The Balaban J connectivity index is 7.03.